The molecule has 4 fully saturated rings. The van der Waals surface area contributed by atoms with Crippen LogP contribution < -0.4 is 10.6 Å². The minimum atomic E-state index is 0. The van der Waals surface area contributed by atoms with Crippen molar-refractivity contribution in [2.45, 2.75) is 84.0 Å². The summed E-state index contributed by atoms with van der Waals surface area (Å²) in [7, 11) is 1.90. The predicted octanol–water partition coefficient (Wildman–Crippen LogP) is 3.96. The molecule has 28 heavy (non-hydrogen) atoms. The van der Waals surface area contributed by atoms with Crippen molar-refractivity contribution in [2.24, 2.45) is 27.7 Å². The molecule has 162 valence electrons. The third kappa shape index (κ3) is 4.07. The zero-order valence-electron chi connectivity index (χ0n) is 18.1. The molecule has 4 aliphatic rings. The lowest BCUT2D eigenvalue weighted by Gasteiger charge is -2.57. The van der Waals surface area contributed by atoms with Crippen molar-refractivity contribution >= 4 is 29.9 Å². The zero-order chi connectivity index (χ0) is 19.1. The van der Waals surface area contributed by atoms with Gasteiger partial charge < -0.3 is 20.1 Å². The van der Waals surface area contributed by atoms with Gasteiger partial charge in [0, 0.05) is 50.1 Å². The lowest BCUT2D eigenvalue weighted by atomic mass is 9.54. The van der Waals surface area contributed by atoms with Gasteiger partial charge in [-0.3, -0.25) is 4.99 Å². The second kappa shape index (κ2) is 8.96. The number of hydrogen-bond acceptors (Lipinski definition) is 3. The van der Waals surface area contributed by atoms with E-state index in [1.54, 1.807) is 0 Å². The maximum atomic E-state index is 6.15. The second-order valence-corrected chi connectivity index (χ2v) is 10.3. The lowest BCUT2D eigenvalue weighted by molar-refractivity contribution is -0.125. The number of halogens is 1. The Morgan fingerprint density at radius 1 is 1.07 bits per heavy atom. The fourth-order valence-electron chi connectivity index (χ4n) is 6.48. The van der Waals surface area contributed by atoms with Crippen LogP contribution >= 0.6 is 24.0 Å². The third-order valence-corrected chi connectivity index (χ3v) is 7.63. The summed E-state index contributed by atoms with van der Waals surface area (Å²) in [4.78, 5) is 4.56. The Morgan fingerprint density at radius 2 is 1.82 bits per heavy atom. The van der Waals surface area contributed by atoms with E-state index in [-0.39, 0.29) is 29.4 Å². The van der Waals surface area contributed by atoms with E-state index < -0.39 is 0 Å². The van der Waals surface area contributed by atoms with Crippen molar-refractivity contribution in [2.75, 3.05) is 26.8 Å². The van der Waals surface area contributed by atoms with Crippen LogP contribution in [0, 0.1) is 22.7 Å². The highest BCUT2D eigenvalue weighted by atomic mass is 127. The normalized spacial score (nSPS) is 37.1. The Morgan fingerprint density at radius 3 is 2.50 bits per heavy atom. The molecule has 5 atom stereocenters. The molecule has 2 aliphatic carbocycles. The average molecular weight is 505 g/mol. The summed E-state index contributed by atoms with van der Waals surface area (Å²) >= 11 is 0. The first-order valence-corrected chi connectivity index (χ1v) is 11.2. The quantitative estimate of drug-likeness (QED) is 0.347. The van der Waals surface area contributed by atoms with Gasteiger partial charge in [0.2, 0.25) is 0 Å². The number of hydrogen-bond donors (Lipinski definition) is 2. The molecule has 5 unspecified atom stereocenters. The first kappa shape index (κ1) is 22.6. The van der Waals surface area contributed by atoms with E-state index in [2.05, 4.69) is 36.4 Å². The summed E-state index contributed by atoms with van der Waals surface area (Å²) in [6.07, 6.45) is 9.73. The molecular formula is C22H40IN3O2. The highest BCUT2D eigenvalue weighted by Gasteiger charge is 2.65. The fraction of sp³-hybridized carbons (Fsp3) is 0.955. The van der Waals surface area contributed by atoms with Gasteiger partial charge in [-0.05, 0) is 37.5 Å². The molecule has 2 aliphatic heterocycles. The minimum Gasteiger partial charge on any atom is -0.377 e. The number of nitrogens with zero attached hydrogens (tertiary/aromatic N) is 1. The van der Waals surface area contributed by atoms with Crippen LogP contribution in [0.3, 0.4) is 0 Å². The van der Waals surface area contributed by atoms with Gasteiger partial charge in [0.05, 0.1) is 12.2 Å². The molecule has 0 radical (unpaired) electrons. The molecular weight excluding hydrogens is 465 g/mol. The van der Waals surface area contributed by atoms with E-state index in [0.29, 0.717) is 35.5 Å². The Labute approximate surface area is 188 Å². The van der Waals surface area contributed by atoms with Crippen molar-refractivity contribution in [1.82, 2.24) is 10.6 Å². The monoisotopic (exact) mass is 505 g/mol. The topological polar surface area (TPSA) is 54.9 Å². The number of rotatable bonds is 3. The average Bonchev–Trinajstić information content (AvgIpc) is 3.30. The van der Waals surface area contributed by atoms with Crippen molar-refractivity contribution < 1.29 is 9.47 Å². The molecule has 2 saturated carbocycles. The van der Waals surface area contributed by atoms with Crippen LogP contribution in [-0.2, 0) is 9.47 Å². The summed E-state index contributed by atoms with van der Waals surface area (Å²) in [5.74, 6) is 2.18. The van der Waals surface area contributed by atoms with Gasteiger partial charge in [-0.2, -0.15) is 0 Å². The summed E-state index contributed by atoms with van der Waals surface area (Å²) in [6, 6.07) is 0.528. The fourth-order valence-corrected chi connectivity index (χ4v) is 6.48. The molecule has 0 aromatic rings. The molecule has 5 nitrogen and oxygen atoms in total. The van der Waals surface area contributed by atoms with E-state index in [1.165, 1.54) is 38.5 Å². The highest BCUT2D eigenvalue weighted by molar-refractivity contribution is 14.0. The standard InChI is InChI=1S/C22H39N3O2.HI/c1-21(2,3)18-15(8-7-12-26-18)14-24-20(23-4)25-17-16-9-13-27-19(16)22(17)10-5-6-11-22;/h15-19H,5-14H2,1-4H3,(H2,23,24,25);1H. The number of guanidine groups is 1. The summed E-state index contributed by atoms with van der Waals surface area (Å²) < 4.78 is 12.3. The van der Waals surface area contributed by atoms with Gasteiger partial charge in [0.15, 0.2) is 5.96 Å². The number of aliphatic imine (C=N–C) groups is 1. The number of fused-ring (bicyclic) bond motifs is 2. The second-order valence-electron chi connectivity index (χ2n) is 10.3. The molecule has 2 heterocycles. The first-order valence-electron chi connectivity index (χ1n) is 11.2. The van der Waals surface area contributed by atoms with Gasteiger partial charge >= 0.3 is 0 Å². The smallest absolute Gasteiger partial charge is 0.191 e. The Bertz CT molecular complexity index is 556. The van der Waals surface area contributed by atoms with Crippen LogP contribution in [0.5, 0.6) is 0 Å². The van der Waals surface area contributed by atoms with Crippen molar-refractivity contribution in [3.05, 3.63) is 0 Å². The molecule has 4 rings (SSSR count). The largest absolute Gasteiger partial charge is 0.377 e. The maximum Gasteiger partial charge on any atom is 0.191 e. The van der Waals surface area contributed by atoms with E-state index in [4.69, 9.17) is 9.47 Å². The van der Waals surface area contributed by atoms with E-state index in [9.17, 15) is 0 Å². The predicted molar refractivity (Wildman–Crippen MR) is 124 cm³/mol. The highest BCUT2D eigenvalue weighted by Crippen LogP contribution is 2.60. The molecule has 0 amide bonds. The van der Waals surface area contributed by atoms with E-state index in [1.807, 2.05) is 7.05 Å². The molecule has 2 saturated heterocycles. The van der Waals surface area contributed by atoms with Gasteiger partial charge in [-0.15, -0.1) is 24.0 Å². The zero-order valence-corrected chi connectivity index (χ0v) is 20.5. The van der Waals surface area contributed by atoms with E-state index >= 15 is 0 Å². The number of nitrogens with one attached hydrogen (secondary N) is 2. The van der Waals surface area contributed by atoms with Crippen LogP contribution in [0.1, 0.15) is 65.7 Å². The summed E-state index contributed by atoms with van der Waals surface area (Å²) in [5, 5.41) is 7.46. The molecule has 1 spiro atoms. The maximum absolute atomic E-state index is 6.15. The van der Waals surface area contributed by atoms with E-state index in [0.717, 1.165) is 32.1 Å². The molecule has 0 aromatic heterocycles. The van der Waals surface area contributed by atoms with Gasteiger partial charge in [0.25, 0.3) is 0 Å². The number of ether oxygens (including phenoxy) is 2. The van der Waals surface area contributed by atoms with Gasteiger partial charge in [-0.1, -0.05) is 33.6 Å². The minimum absolute atomic E-state index is 0. The molecule has 0 aromatic carbocycles. The van der Waals surface area contributed by atoms with Crippen LogP contribution in [0.15, 0.2) is 4.99 Å². The third-order valence-electron chi connectivity index (χ3n) is 7.63. The lowest BCUT2D eigenvalue weighted by Crippen LogP contribution is -2.69. The Balaban J connectivity index is 0.00000225. The summed E-state index contributed by atoms with van der Waals surface area (Å²) in [6.45, 7) is 9.66. The molecule has 2 N–H and O–H groups in total. The van der Waals surface area contributed by atoms with Crippen molar-refractivity contribution in [1.29, 1.82) is 0 Å². The van der Waals surface area contributed by atoms with Gasteiger partial charge in [0.1, 0.15) is 0 Å². The molecule has 0 bridgehead atoms. The van der Waals surface area contributed by atoms with Crippen molar-refractivity contribution in [3.63, 3.8) is 0 Å². The Hall–Kier alpha value is -0.0800. The van der Waals surface area contributed by atoms with Crippen LogP contribution in [0.25, 0.3) is 0 Å². The summed E-state index contributed by atoms with van der Waals surface area (Å²) in [5.41, 5.74) is 0.542. The van der Waals surface area contributed by atoms with Crippen molar-refractivity contribution in [3.8, 4) is 0 Å². The van der Waals surface area contributed by atoms with Crippen LogP contribution in [-0.4, -0.2) is 51.0 Å². The SMILES string of the molecule is CN=C(NCC1CCCOC1C(C)(C)C)NC1C2CCOC2C12CCCC2.I. The van der Waals surface area contributed by atoms with Crippen LogP contribution in [0.4, 0.5) is 0 Å². The Kier molecular flexibility index (Phi) is 7.24. The molecule has 6 heteroatoms. The van der Waals surface area contributed by atoms with Crippen LogP contribution in [0.2, 0.25) is 0 Å². The van der Waals surface area contributed by atoms with Gasteiger partial charge in [-0.25, -0.2) is 0 Å². The first-order chi connectivity index (χ1) is 13.0.